The second kappa shape index (κ2) is 7.14. The van der Waals surface area contributed by atoms with Gasteiger partial charge < -0.3 is 4.90 Å². The van der Waals surface area contributed by atoms with Gasteiger partial charge >= 0.3 is 0 Å². The predicted molar refractivity (Wildman–Crippen MR) is 96.3 cm³/mol. The van der Waals surface area contributed by atoms with Crippen LogP contribution in [0, 0.1) is 0 Å². The minimum atomic E-state index is 0.0255. The van der Waals surface area contributed by atoms with E-state index in [4.69, 9.17) is 0 Å². The molecule has 1 amide bonds. The lowest BCUT2D eigenvalue weighted by Gasteiger charge is -2.24. The van der Waals surface area contributed by atoms with E-state index in [9.17, 15) is 4.79 Å². The van der Waals surface area contributed by atoms with Crippen molar-refractivity contribution in [3.05, 3.63) is 53.3 Å². The van der Waals surface area contributed by atoms with Crippen LogP contribution in [0.5, 0.6) is 0 Å². The van der Waals surface area contributed by atoms with E-state index in [1.54, 1.807) is 0 Å². The molecule has 0 radical (unpaired) electrons. The van der Waals surface area contributed by atoms with Crippen LogP contribution in [0.2, 0.25) is 0 Å². The van der Waals surface area contributed by atoms with E-state index in [-0.39, 0.29) is 5.91 Å². The van der Waals surface area contributed by atoms with Crippen LogP contribution >= 0.6 is 11.3 Å². The third-order valence-electron chi connectivity index (χ3n) is 4.59. The molecule has 0 unspecified atom stereocenters. The van der Waals surface area contributed by atoms with Crippen molar-refractivity contribution in [3.63, 3.8) is 0 Å². The Morgan fingerprint density at radius 1 is 1.32 bits per heavy atom. The van der Waals surface area contributed by atoms with Gasteiger partial charge in [0.25, 0.3) is 5.91 Å². The Bertz CT molecular complexity index is 830. The van der Waals surface area contributed by atoms with Crippen LogP contribution in [0.4, 0.5) is 0 Å². The highest BCUT2D eigenvalue weighted by Gasteiger charge is 2.30. The molecule has 0 bridgehead atoms. The number of hydrogen-bond acceptors (Lipinski definition) is 5. The molecule has 1 atom stereocenters. The van der Waals surface area contributed by atoms with Gasteiger partial charge in [0, 0.05) is 18.0 Å². The number of thiazole rings is 1. The summed E-state index contributed by atoms with van der Waals surface area (Å²) in [5.74, 6) is 0.628. The van der Waals surface area contributed by atoms with Gasteiger partial charge in [0.05, 0.1) is 0 Å². The number of likely N-dealkylation sites (tertiary alicyclic amines) is 1. The van der Waals surface area contributed by atoms with Gasteiger partial charge in [-0.2, -0.15) is 5.10 Å². The van der Waals surface area contributed by atoms with Crippen molar-refractivity contribution >= 4 is 17.2 Å². The van der Waals surface area contributed by atoms with E-state index >= 15 is 0 Å². The lowest BCUT2D eigenvalue weighted by atomic mass is 10.0. The van der Waals surface area contributed by atoms with Crippen molar-refractivity contribution in [1.29, 1.82) is 0 Å². The van der Waals surface area contributed by atoms with Crippen LogP contribution in [-0.4, -0.2) is 43.6 Å². The standard InChI is InChI=1S/C18H19N5OS/c24-18(15-11-25-17(21-15)16-19-12-20-22-16)23-10-4-7-14(23)9-8-13-5-2-1-3-6-13/h1-3,5-6,11-12,14H,4,7-10H2,(H,19,20,22)/t14-/m1/s1. The number of carbonyl (C=O) groups is 1. The summed E-state index contributed by atoms with van der Waals surface area (Å²) in [6.07, 6.45) is 5.56. The Kier molecular flexibility index (Phi) is 4.56. The SMILES string of the molecule is O=C(c1csc(-c2ncn[nH]2)n1)N1CCC[C@@H]1CCc1ccccc1. The van der Waals surface area contributed by atoms with Crippen LogP contribution < -0.4 is 0 Å². The third-order valence-corrected chi connectivity index (χ3v) is 5.44. The predicted octanol–water partition coefficient (Wildman–Crippen LogP) is 3.17. The van der Waals surface area contributed by atoms with Crippen molar-refractivity contribution < 1.29 is 4.79 Å². The van der Waals surface area contributed by atoms with Crippen molar-refractivity contribution in [2.75, 3.05) is 6.54 Å². The van der Waals surface area contributed by atoms with Gasteiger partial charge in [-0.15, -0.1) is 11.3 Å². The lowest BCUT2D eigenvalue weighted by molar-refractivity contribution is 0.0725. The molecule has 0 spiro atoms. The van der Waals surface area contributed by atoms with Crippen LogP contribution in [-0.2, 0) is 6.42 Å². The zero-order chi connectivity index (χ0) is 17.1. The second-order valence-electron chi connectivity index (χ2n) is 6.19. The molecule has 1 aliphatic heterocycles. The zero-order valence-corrected chi connectivity index (χ0v) is 14.6. The number of nitrogens with zero attached hydrogens (tertiary/aromatic N) is 4. The van der Waals surface area contributed by atoms with Gasteiger partial charge in [0.15, 0.2) is 10.8 Å². The first-order valence-electron chi connectivity index (χ1n) is 8.47. The molecular formula is C18H19N5OS. The van der Waals surface area contributed by atoms with E-state index in [1.807, 2.05) is 16.3 Å². The fourth-order valence-corrected chi connectivity index (χ4v) is 4.06. The Morgan fingerprint density at radius 3 is 3.00 bits per heavy atom. The van der Waals surface area contributed by atoms with Crippen LogP contribution in [0.3, 0.4) is 0 Å². The summed E-state index contributed by atoms with van der Waals surface area (Å²) in [4.78, 5) is 23.4. The Hall–Kier alpha value is -2.54. The van der Waals surface area contributed by atoms with Crippen molar-refractivity contribution in [3.8, 4) is 10.8 Å². The summed E-state index contributed by atoms with van der Waals surface area (Å²) in [6, 6.07) is 10.7. The number of rotatable bonds is 5. The molecular weight excluding hydrogens is 334 g/mol. The molecule has 1 fully saturated rings. The van der Waals surface area contributed by atoms with E-state index in [0.717, 1.165) is 32.2 Å². The van der Waals surface area contributed by atoms with Gasteiger partial charge in [-0.25, -0.2) is 9.97 Å². The monoisotopic (exact) mass is 353 g/mol. The fraction of sp³-hybridized carbons (Fsp3) is 0.333. The molecule has 1 aliphatic rings. The van der Waals surface area contributed by atoms with Gasteiger partial charge in [0.2, 0.25) is 0 Å². The lowest BCUT2D eigenvalue weighted by Crippen LogP contribution is -2.36. The molecule has 1 aromatic carbocycles. The second-order valence-corrected chi connectivity index (χ2v) is 7.05. The topological polar surface area (TPSA) is 74.8 Å². The Labute approximate surface area is 149 Å². The summed E-state index contributed by atoms with van der Waals surface area (Å²) in [7, 11) is 0. The smallest absolute Gasteiger partial charge is 0.273 e. The Morgan fingerprint density at radius 2 is 2.20 bits per heavy atom. The summed E-state index contributed by atoms with van der Waals surface area (Å²) in [5, 5.41) is 9.12. The first-order chi connectivity index (χ1) is 12.3. The number of hydrogen-bond donors (Lipinski definition) is 1. The average Bonchev–Trinajstić information content (AvgIpc) is 3.41. The van der Waals surface area contributed by atoms with Crippen LogP contribution in [0.15, 0.2) is 42.0 Å². The maximum absolute atomic E-state index is 12.9. The summed E-state index contributed by atoms with van der Waals surface area (Å²) in [6.45, 7) is 0.813. The Balaban J connectivity index is 1.44. The molecule has 7 heteroatoms. The molecule has 0 saturated carbocycles. The first-order valence-corrected chi connectivity index (χ1v) is 9.35. The number of nitrogens with one attached hydrogen (secondary N) is 1. The molecule has 6 nitrogen and oxygen atoms in total. The molecule has 0 aliphatic carbocycles. The molecule has 128 valence electrons. The summed E-state index contributed by atoms with van der Waals surface area (Å²) >= 11 is 1.41. The van der Waals surface area contributed by atoms with Crippen molar-refractivity contribution in [2.24, 2.45) is 0 Å². The first kappa shape index (κ1) is 16.0. The minimum absolute atomic E-state index is 0.0255. The van der Waals surface area contributed by atoms with Crippen LogP contribution in [0.25, 0.3) is 10.8 Å². The third kappa shape index (κ3) is 3.46. The number of carbonyl (C=O) groups excluding carboxylic acids is 1. The maximum atomic E-state index is 12.9. The molecule has 3 aromatic rings. The fourth-order valence-electron chi connectivity index (χ4n) is 3.32. The highest BCUT2D eigenvalue weighted by Crippen LogP contribution is 2.26. The van der Waals surface area contributed by atoms with Crippen molar-refractivity contribution in [2.45, 2.75) is 31.7 Å². The van der Waals surface area contributed by atoms with Gasteiger partial charge in [-0.3, -0.25) is 9.89 Å². The summed E-state index contributed by atoms with van der Waals surface area (Å²) in [5.41, 5.74) is 1.83. The number of aromatic nitrogens is 4. The quantitative estimate of drug-likeness (QED) is 0.764. The molecule has 2 aromatic heterocycles. The van der Waals surface area contributed by atoms with E-state index < -0.39 is 0 Å². The zero-order valence-electron chi connectivity index (χ0n) is 13.8. The number of amides is 1. The summed E-state index contributed by atoms with van der Waals surface area (Å²) < 4.78 is 0. The number of aromatic amines is 1. The molecule has 25 heavy (non-hydrogen) atoms. The molecule has 1 N–H and O–H groups in total. The molecule has 1 saturated heterocycles. The van der Waals surface area contributed by atoms with E-state index in [1.165, 1.54) is 23.2 Å². The van der Waals surface area contributed by atoms with Gasteiger partial charge in [-0.05, 0) is 31.2 Å². The van der Waals surface area contributed by atoms with Gasteiger partial charge in [-0.1, -0.05) is 30.3 Å². The average molecular weight is 353 g/mol. The molecule has 4 rings (SSSR count). The number of benzene rings is 1. The number of H-pyrrole nitrogens is 1. The van der Waals surface area contributed by atoms with Crippen LogP contribution in [0.1, 0.15) is 35.3 Å². The van der Waals surface area contributed by atoms with E-state index in [2.05, 4.69) is 44.4 Å². The highest BCUT2D eigenvalue weighted by molar-refractivity contribution is 7.13. The largest absolute Gasteiger partial charge is 0.334 e. The minimum Gasteiger partial charge on any atom is -0.334 e. The maximum Gasteiger partial charge on any atom is 0.273 e. The number of aryl methyl sites for hydroxylation is 1. The van der Waals surface area contributed by atoms with Gasteiger partial charge in [0.1, 0.15) is 12.0 Å². The normalized spacial score (nSPS) is 17.1. The van der Waals surface area contributed by atoms with Crippen molar-refractivity contribution in [1.82, 2.24) is 25.1 Å². The highest BCUT2D eigenvalue weighted by atomic mass is 32.1. The van der Waals surface area contributed by atoms with E-state index in [0.29, 0.717) is 22.6 Å². The molecule has 3 heterocycles.